The van der Waals surface area contributed by atoms with E-state index in [1.165, 1.54) is 16.3 Å². The first-order valence-corrected chi connectivity index (χ1v) is 8.24. The van der Waals surface area contributed by atoms with Crippen molar-refractivity contribution in [2.45, 2.75) is 25.6 Å². The Morgan fingerprint density at radius 2 is 2.08 bits per heavy atom. The number of carbonyl (C=O) groups excluding carboxylic acids is 1. The number of amides is 1. The second kappa shape index (κ2) is 6.45. The number of H-pyrrole nitrogens is 1. The van der Waals surface area contributed by atoms with Gasteiger partial charge in [0, 0.05) is 44.0 Å². The molecule has 0 bridgehead atoms. The zero-order valence-electron chi connectivity index (χ0n) is 13.4. The fourth-order valence-electron chi connectivity index (χ4n) is 3.33. The molecule has 3 aromatic rings. The average Bonchev–Trinajstić information content (AvgIpc) is 3.24. The zero-order chi connectivity index (χ0) is 16.4. The first-order chi connectivity index (χ1) is 11.8. The fourth-order valence-corrected chi connectivity index (χ4v) is 3.33. The van der Waals surface area contributed by atoms with E-state index in [9.17, 15) is 4.79 Å². The van der Waals surface area contributed by atoms with Gasteiger partial charge in [0.05, 0.1) is 6.33 Å². The van der Waals surface area contributed by atoms with Crippen molar-refractivity contribution in [3.8, 4) is 0 Å². The van der Waals surface area contributed by atoms with Crippen LogP contribution in [0.5, 0.6) is 0 Å². The second-order valence-corrected chi connectivity index (χ2v) is 6.27. The van der Waals surface area contributed by atoms with Gasteiger partial charge in [0.2, 0.25) is 5.91 Å². The first kappa shape index (κ1) is 14.9. The molecule has 4 rings (SSSR count). The summed E-state index contributed by atoms with van der Waals surface area (Å²) in [5.74, 6) is 0.213. The standard InChI is InChI=1S/C19H20N4O/c24-19-8-16(21-10-17-9-20-13-22-17)12-23(19)11-15-6-3-5-14-4-1-2-7-18(14)15/h1-7,9,13,16,21H,8,10-12H2,(H,20,22)/t16-/m0/s1. The molecule has 1 fully saturated rings. The molecule has 1 aliphatic heterocycles. The van der Waals surface area contributed by atoms with Crippen LogP contribution in [0.4, 0.5) is 0 Å². The number of aromatic amines is 1. The summed E-state index contributed by atoms with van der Waals surface area (Å²) in [6, 6.07) is 14.8. The number of imidazole rings is 1. The molecule has 2 aromatic carbocycles. The number of nitrogens with zero attached hydrogens (tertiary/aromatic N) is 2. The van der Waals surface area contributed by atoms with Gasteiger partial charge in [-0.3, -0.25) is 4.79 Å². The fraction of sp³-hybridized carbons (Fsp3) is 0.263. The molecule has 2 N–H and O–H groups in total. The molecule has 2 heterocycles. The molecule has 5 heteroatoms. The first-order valence-electron chi connectivity index (χ1n) is 8.24. The number of nitrogens with one attached hydrogen (secondary N) is 2. The molecule has 0 spiro atoms. The Kier molecular flexibility index (Phi) is 4.01. The minimum atomic E-state index is 0.191. The lowest BCUT2D eigenvalue weighted by Gasteiger charge is -2.18. The molecule has 1 aromatic heterocycles. The summed E-state index contributed by atoms with van der Waals surface area (Å²) in [5.41, 5.74) is 2.24. The topological polar surface area (TPSA) is 61.0 Å². The summed E-state index contributed by atoms with van der Waals surface area (Å²) >= 11 is 0. The van der Waals surface area contributed by atoms with Gasteiger partial charge in [-0.15, -0.1) is 0 Å². The molecule has 1 saturated heterocycles. The van der Waals surface area contributed by atoms with Crippen LogP contribution < -0.4 is 5.32 Å². The lowest BCUT2D eigenvalue weighted by atomic mass is 10.0. The normalized spacial score (nSPS) is 17.8. The van der Waals surface area contributed by atoms with Crippen molar-refractivity contribution in [1.29, 1.82) is 0 Å². The van der Waals surface area contributed by atoms with Crippen LogP contribution in [-0.2, 0) is 17.9 Å². The lowest BCUT2D eigenvalue weighted by Crippen LogP contribution is -2.32. The van der Waals surface area contributed by atoms with Gasteiger partial charge in [-0.25, -0.2) is 4.98 Å². The minimum Gasteiger partial charge on any atom is -0.347 e. The number of aromatic nitrogens is 2. The molecule has 5 nitrogen and oxygen atoms in total. The maximum atomic E-state index is 12.4. The molecule has 0 aliphatic carbocycles. The van der Waals surface area contributed by atoms with E-state index in [0.29, 0.717) is 19.5 Å². The molecule has 0 saturated carbocycles. The highest BCUT2D eigenvalue weighted by molar-refractivity contribution is 5.86. The zero-order valence-corrected chi connectivity index (χ0v) is 13.4. The molecule has 0 unspecified atom stereocenters. The van der Waals surface area contributed by atoms with Crippen LogP contribution in [-0.4, -0.2) is 33.4 Å². The summed E-state index contributed by atoms with van der Waals surface area (Å²) < 4.78 is 0. The van der Waals surface area contributed by atoms with Crippen LogP contribution in [0.2, 0.25) is 0 Å². The summed E-state index contributed by atoms with van der Waals surface area (Å²) in [7, 11) is 0. The van der Waals surface area contributed by atoms with Crippen molar-refractivity contribution in [3.63, 3.8) is 0 Å². The largest absolute Gasteiger partial charge is 0.347 e. The van der Waals surface area contributed by atoms with Gasteiger partial charge in [0.1, 0.15) is 0 Å². The smallest absolute Gasteiger partial charge is 0.224 e. The van der Waals surface area contributed by atoms with Crippen molar-refractivity contribution in [3.05, 3.63) is 66.2 Å². The van der Waals surface area contributed by atoms with E-state index < -0.39 is 0 Å². The molecule has 1 amide bonds. The van der Waals surface area contributed by atoms with Gasteiger partial charge in [0.15, 0.2) is 0 Å². The van der Waals surface area contributed by atoms with E-state index in [1.807, 2.05) is 17.0 Å². The quantitative estimate of drug-likeness (QED) is 0.759. The Morgan fingerprint density at radius 1 is 1.21 bits per heavy atom. The number of likely N-dealkylation sites (tertiary alicyclic amines) is 1. The molecule has 1 aliphatic rings. The van der Waals surface area contributed by atoms with Crippen LogP contribution in [0.25, 0.3) is 10.8 Å². The number of carbonyl (C=O) groups is 1. The lowest BCUT2D eigenvalue weighted by molar-refractivity contribution is -0.128. The second-order valence-electron chi connectivity index (χ2n) is 6.27. The monoisotopic (exact) mass is 320 g/mol. The summed E-state index contributed by atoms with van der Waals surface area (Å²) in [6.07, 6.45) is 4.03. The Hall–Kier alpha value is -2.66. The van der Waals surface area contributed by atoms with E-state index in [4.69, 9.17) is 0 Å². The minimum absolute atomic E-state index is 0.191. The SMILES string of the molecule is O=C1C[C@H](NCc2cnc[nH]2)CN1Cc1cccc2ccccc12. The van der Waals surface area contributed by atoms with Gasteiger partial charge >= 0.3 is 0 Å². The Labute approximate surface area is 140 Å². The van der Waals surface area contributed by atoms with Crippen LogP contribution in [0, 0.1) is 0 Å². The van der Waals surface area contributed by atoms with E-state index in [2.05, 4.69) is 45.6 Å². The van der Waals surface area contributed by atoms with Crippen molar-refractivity contribution in [2.24, 2.45) is 0 Å². The summed E-state index contributed by atoms with van der Waals surface area (Å²) in [5, 5.41) is 5.88. The number of benzene rings is 2. The Morgan fingerprint density at radius 3 is 2.96 bits per heavy atom. The molecular formula is C19H20N4O. The highest BCUT2D eigenvalue weighted by Crippen LogP contribution is 2.22. The van der Waals surface area contributed by atoms with Gasteiger partial charge in [-0.2, -0.15) is 0 Å². The highest BCUT2D eigenvalue weighted by atomic mass is 16.2. The van der Waals surface area contributed by atoms with Crippen LogP contribution in [0.15, 0.2) is 55.0 Å². The Bertz CT molecular complexity index is 838. The van der Waals surface area contributed by atoms with E-state index in [0.717, 1.165) is 12.2 Å². The van der Waals surface area contributed by atoms with Crippen LogP contribution in [0.1, 0.15) is 17.7 Å². The molecular weight excluding hydrogens is 300 g/mol. The predicted molar refractivity (Wildman–Crippen MR) is 93.2 cm³/mol. The van der Waals surface area contributed by atoms with Gasteiger partial charge in [0.25, 0.3) is 0 Å². The van der Waals surface area contributed by atoms with Gasteiger partial charge in [-0.1, -0.05) is 42.5 Å². The number of rotatable bonds is 5. The number of fused-ring (bicyclic) bond motifs is 1. The summed E-state index contributed by atoms with van der Waals surface area (Å²) in [6.45, 7) is 2.12. The molecule has 122 valence electrons. The van der Waals surface area contributed by atoms with Crippen molar-refractivity contribution < 1.29 is 4.79 Å². The number of hydrogen-bond acceptors (Lipinski definition) is 3. The number of hydrogen-bond donors (Lipinski definition) is 2. The Balaban J connectivity index is 1.44. The van der Waals surface area contributed by atoms with E-state index in [-0.39, 0.29) is 11.9 Å². The van der Waals surface area contributed by atoms with Crippen molar-refractivity contribution >= 4 is 16.7 Å². The molecule has 24 heavy (non-hydrogen) atoms. The maximum absolute atomic E-state index is 12.4. The van der Waals surface area contributed by atoms with Gasteiger partial charge in [-0.05, 0) is 16.3 Å². The van der Waals surface area contributed by atoms with Crippen molar-refractivity contribution in [2.75, 3.05) is 6.54 Å². The van der Waals surface area contributed by atoms with Crippen LogP contribution >= 0.6 is 0 Å². The molecule has 0 radical (unpaired) electrons. The average molecular weight is 320 g/mol. The predicted octanol–water partition coefficient (Wildman–Crippen LogP) is 2.45. The highest BCUT2D eigenvalue weighted by Gasteiger charge is 2.29. The summed E-state index contributed by atoms with van der Waals surface area (Å²) in [4.78, 5) is 21.4. The van der Waals surface area contributed by atoms with E-state index >= 15 is 0 Å². The third-order valence-electron chi connectivity index (χ3n) is 4.59. The van der Waals surface area contributed by atoms with Crippen molar-refractivity contribution in [1.82, 2.24) is 20.2 Å². The third kappa shape index (κ3) is 3.03. The third-order valence-corrected chi connectivity index (χ3v) is 4.59. The van der Waals surface area contributed by atoms with Gasteiger partial charge < -0.3 is 15.2 Å². The van der Waals surface area contributed by atoms with Crippen LogP contribution in [0.3, 0.4) is 0 Å². The maximum Gasteiger partial charge on any atom is 0.224 e. The molecule has 1 atom stereocenters. The van der Waals surface area contributed by atoms with E-state index in [1.54, 1.807) is 12.5 Å².